The Bertz CT molecular complexity index is 916. The number of aromatic nitrogens is 1. The molecule has 3 rings (SSSR count). The fraction of sp³-hybridized carbons (Fsp3) is 0.250. The van der Waals surface area contributed by atoms with Crippen molar-refractivity contribution in [1.29, 1.82) is 0 Å². The van der Waals surface area contributed by atoms with Gasteiger partial charge in [-0.3, -0.25) is 9.78 Å². The van der Waals surface area contributed by atoms with Gasteiger partial charge < -0.3 is 4.74 Å². The van der Waals surface area contributed by atoms with Gasteiger partial charge in [0.05, 0.1) is 12.5 Å². The number of pyridine rings is 1. The molecule has 0 N–H and O–H groups in total. The van der Waals surface area contributed by atoms with Crippen LogP contribution in [0.4, 0.5) is 0 Å². The van der Waals surface area contributed by atoms with Gasteiger partial charge in [-0.15, -0.1) is 0 Å². The van der Waals surface area contributed by atoms with E-state index < -0.39 is 0 Å². The number of hydrogen-bond donors (Lipinski definition) is 0. The zero-order valence-corrected chi connectivity index (χ0v) is 16.1. The topological polar surface area (TPSA) is 39.2 Å². The van der Waals surface area contributed by atoms with Gasteiger partial charge in [0.1, 0.15) is 11.5 Å². The monoisotopic (exact) mass is 359 g/mol. The van der Waals surface area contributed by atoms with E-state index in [1.54, 1.807) is 6.20 Å². The van der Waals surface area contributed by atoms with Gasteiger partial charge in [-0.05, 0) is 67.3 Å². The first-order chi connectivity index (χ1) is 13.1. The quantitative estimate of drug-likeness (QED) is 0.593. The molecule has 0 aliphatic rings. The second-order valence-corrected chi connectivity index (χ2v) is 6.74. The van der Waals surface area contributed by atoms with E-state index in [0.717, 1.165) is 33.7 Å². The summed E-state index contributed by atoms with van der Waals surface area (Å²) in [4.78, 5) is 17.6. The highest BCUT2D eigenvalue weighted by molar-refractivity contribution is 5.91. The van der Waals surface area contributed by atoms with E-state index in [2.05, 4.69) is 18.0 Å². The summed E-state index contributed by atoms with van der Waals surface area (Å²) in [5.41, 5.74) is 5.09. The summed E-state index contributed by atoms with van der Waals surface area (Å²) in [7, 11) is 0. The molecule has 0 amide bonds. The molecule has 3 nitrogen and oxygen atoms in total. The van der Waals surface area contributed by atoms with Crippen LogP contribution in [-0.2, 0) is 11.2 Å². The third-order valence-corrected chi connectivity index (χ3v) is 4.69. The average molecular weight is 359 g/mol. The highest BCUT2D eigenvalue weighted by Crippen LogP contribution is 2.30. The molecule has 0 bridgehead atoms. The second kappa shape index (κ2) is 8.63. The van der Waals surface area contributed by atoms with Crippen LogP contribution in [0.1, 0.15) is 40.8 Å². The number of carbonyl (C=O) groups excluding carboxylic acids is 1. The average Bonchev–Trinajstić information content (AvgIpc) is 2.65. The van der Waals surface area contributed by atoms with E-state index in [9.17, 15) is 4.79 Å². The molecule has 1 heterocycles. The Morgan fingerprint density at radius 1 is 1.04 bits per heavy atom. The zero-order chi connectivity index (χ0) is 19.2. The molecule has 1 unspecified atom stereocenters. The predicted octanol–water partition coefficient (Wildman–Crippen LogP) is 5.04. The van der Waals surface area contributed by atoms with Crippen LogP contribution in [0.5, 0.6) is 5.75 Å². The van der Waals surface area contributed by atoms with Crippen LogP contribution in [0.25, 0.3) is 0 Å². The molecule has 1 atom stereocenters. The molecular weight excluding hydrogens is 334 g/mol. The van der Waals surface area contributed by atoms with Crippen LogP contribution in [0.15, 0.2) is 66.9 Å². The fourth-order valence-corrected chi connectivity index (χ4v) is 3.39. The van der Waals surface area contributed by atoms with Crippen molar-refractivity contribution >= 4 is 5.78 Å². The van der Waals surface area contributed by atoms with Crippen LogP contribution < -0.4 is 4.74 Å². The van der Waals surface area contributed by atoms with Crippen molar-refractivity contribution in [2.45, 2.75) is 33.1 Å². The lowest BCUT2D eigenvalue weighted by Crippen LogP contribution is -2.17. The lowest BCUT2D eigenvalue weighted by molar-refractivity contribution is -0.119. The first-order valence-corrected chi connectivity index (χ1v) is 9.31. The summed E-state index contributed by atoms with van der Waals surface area (Å²) < 4.78 is 5.55. The standard InChI is InChI=1S/C24H25NO2/c1-4-27-21-11-9-20(10-12-21)24(22-8-6-5-7-17(22)2)23(26)16-19-13-14-25-18(3)15-19/h5-15,24H,4,16H2,1-3H3. The van der Waals surface area contributed by atoms with Crippen molar-refractivity contribution in [2.24, 2.45) is 0 Å². The van der Waals surface area contributed by atoms with Crippen LogP contribution in [-0.4, -0.2) is 17.4 Å². The van der Waals surface area contributed by atoms with E-state index in [4.69, 9.17) is 4.74 Å². The fourth-order valence-electron chi connectivity index (χ4n) is 3.39. The maximum absolute atomic E-state index is 13.3. The Labute approximate surface area is 161 Å². The van der Waals surface area contributed by atoms with Crippen molar-refractivity contribution in [1.82, 2.24) is 4.98 Å². The first kappa shape index (κ1) is 18.8. The minimum Gasteiger partial charge on any atom is -0.494 e. The summed E-state index contributed by atoms with van der Waals surface area (Å²) >= 11 is 0. The summed E-state index contributed by atoms with van der Waals surface area (Å²) in [6.45, 7) is 6.59. The Kier molecular flexibility index (Phi) is 6.02. The van der Waals surface area contributed by atoms with Gasteiger partial charge in [0, 0.05) is 18.3 Å². The van der Waals surface area contributed by atoms with E-state index in [1.165, 1.54) is 0 Å². The van der Waals surface area contributed by atoms with Crippen molar-refractivity contribution < 1.29 is 9.53 Å². The number of nitrogens with zero attached hydrogens (tertiary/aromatic N) is 1. The van der Waals surface area contributed by atoms with Crippen molar-refractivity contribution in [3.8, 4) is 5.75 Å². The molecule has 27 heavy (non-hydrogen) atoms. The SMILES string of the molecule is CCOc1ccc(C(C(=O)Cc2ccnc(C)c2)c2ccccc2C)cc1. The third-order valence-electron chi connectivity index (χ3n) is 4.69. The normalized spacial score (nSPS) is 11.8. The molecule has 3 heteroatoms. The number of benzene rings is 2. The number of rotatable bonds is 7. The third kappa shape index (κ3) is 4.62. The first-order valence-electron chi connectivity index (χ1n) is 9.31. The lowest BCUT2D eigenvalue weighted by Gasteiger charge is -2.20. The smallest absolute Gasteiger partial charge is 0.149 e. The van der Waals surface area contributed by atoms with Gasteiger partial charge >= 0.3 is 0 Å². The van der Waals surface area contributed by atoms with Crippen LogP contribution in [0.2, 0.25) is 0 Å². The minimum atomic E-state index is -0.296. The van der Waals surface area contributed by atoms with Gasteiger partial charge in [-0.25, -0.2) is 0 Å². The van der Waals surface area contributed by atoms with E-state index >= 15 is 0 Å². The zero-order valence-electron chi connectivity index (χ0n) is 16.1. The van der Waals surface area contributed by atoms with Crippen LogP contribution in [0, 0.1) is 13.8 Å². The number of Topliss-reactive ketones (excluding diaryl/α,β-unsaturated/α-hetero) is 1. The largest absolute Gasteiger partial charge is 0.494 e. The van der Waals surface area contributed by atoms with E-state index in [-0.39, 0.29) is 11.7 Å². The van der Waals surface area contributed by atoms with Crippen LogP contribution >= 0.6 is 0 Å². The maximum Gasteiger partial charge on any atom is 0.149 e. The number of hydrogen-bond acceptors (Lipinski definition) is 3. The molecule has 0 saturated carbocycles. The van der Waals surface area contributed by atoms with Gasteiger partial charge in [0.25, 0.3) is 0 Å². The molecule has 0 aliphatic heterocycles. The Morgan fingerprint density at radius 3 is 2.44 bits per heavy atom. The highest BCUT2D eigenvalue weighted by atomic mass is 16.5. The van der Waals surface area contributed by atoms with Crippen LogP contribution in [0.3, 0.4) is 0 Å². The predicted molar refractivity (Wildman–Crippen MR) is 108 cm³/mol. The molecule has 0 saturated heterocycles. The summed E-state index contributed by atoms with van der Waals surface area (Å²) in [6, 6.07) is 19.9. The molecule has 0 aliphatic carbocycles. The second-order valence-electron chi connectivity index (χ2n) is 6.74. The maximum atomic E-state index is 13.3. The molecule has 0 fully saturated rings. The summed E-state index contributed by atoms with van der Waals surface area (Å²) in [5, 5.41) is 0. The van der Waals surface area contributed by atoms with Crippen molar-refractivity contribution in [3.63, 3.8) is 0 Å². The number of aryl methyl sites for hydroxylation is 2. The van der Waals surface area contributed by atoms with Crippen molar-refractivity contribution in [3.05, 3.63) is 94.8 Å². The Balaban J connectivity index is 1.97. The Hall–Kier alpha value is -2.94. The summed E-state index contributed by atoms with van der Waals surface area (Å²) in [6.07, 6.45) is 2.15. The molecule has 1 aromatic heterocycles. The number of ketones is 1. The molecule has 138 valence electrons. The van der Waals surface area contributed by atoms with Gasteiger partial charge in [-0.1, -0.05) is 36.4 Å². The molecule has 3 aromatic rings. The lowest BCUT2D eigenvalue weighted by atomic mass is 9.83. The number of ether oxygens (including phenoxy) is 1. The van der Waals surface area contributed by atoms with Crippen molar-refractivity contribution in [2.75, 3.05) is 6.61 Å². The van der Waals surface area contributed by atoms with E-state index in [0.29, 0.717) is 13.0 Å². The van der Waals surface area contributed by atoms with E-state index in [1.807, 2.05) is 68.4 Å². The minimum absolute atomic E-state index is 0.180. The van der Waals surface area contributed by atoms with Gasteiger partial charge in [-0.2, -0.15) is 0 Å². The molecular formula is C24H25NO2. The summed E-state index contributed by atoms with van der Waals surface area (Å²) in [5.74, 6) is 0.705. The Morgan fingerprint density at radius 2 is 1.78 bits per heavy atom. The number of carbonyl (C=O) groups is 1. The molecule has 0 spiro atoms. The van der Waals surface area contributed by atoms with Gasteiger partial charge in [0.15, 0.2) is 0 Å². The van der Waals surface area contributed by atoms with Gasteiger partial charge in [0.2, 0.25) is 0 Å². The molecule has 0 radical (unpaired) electrons. The highest BCUT2D eigenvalue weighted by Gasteiger charge is 2.24. The molecule has 2 aromatic carbocycles.